The van der Waals surface area contributed by atoms with E-state index in [9.17, 15) is 14.9 Å². The number of Topliss-reactive ketones (excluding diaryl/α,β-unsaturated/α-hetero) is 1. The van der Waals surface area contributed by atoms with E-state index in [2.05, 4.69) is 9.97 Å². The summed E-state index contributed by atoms with van der Waals surface area (Å²) in [6.07, 6.45) is 0. The van der Waals surface area contributed by atoms with Crippen molar-refractivity contribution in [1.29, 1.82) is 5.26 Å². The highest BCUT2D eigenvalue weighted by molar-refractivity contribution is 7.09. The molecule has 0 amide bonds. The Balaban J connectivity index is 1.61. The molecule has 2 aromatic carbocycles. The van der Waals surface area contributed by atoms with Crippen LogP contribution < -0.4 is 0 Å². The van der Waals surface area contributed by atoms with Crippen LogP contribution >= 0.6 is 11.3 Å². The van der Waals surface area contributed by atoms with Crippen LogP contribution in [0.15, 0.2) is 60.0 Å². The van der Waals surface area contributed by atoms with Gasteiger partial charge in [0.25, 0.3) is 0 Å². The molecule has 0 spiro atoms. The first kappa shape index (κ1) is 21.3. The summed E-state index contributed by atoms with van der Waals surface area (Å²) < 4.78 is 5.33. The number of para-hydroxylation sites is 1. The zero-order chi connectivity index (χ0) is 22.7. The lowest BCUT2D eigenvalue weighted by Crippen LogP contribution is -2.20. The number of hydrogen-bond acceptors (Lipinski definition) is 7. The van der Waals surface area contributed by atoms with Crippen LogP contribution in [0.1, 0.15) is 32.5 Å². The highest BCUT2D eigenvalue weighted by atomic mass is 32.1. The molecule has 0 unspecified atom stereocenters. The predicted molar refractivity (Wildman–Crippen MR) is 122 cm³/mol. The van der Waals surface area contributed by atoms with Gasteiger partial charge in [0, 0.05) is 22.0 Å². The molecule has 7 heteroatoms. The summed E-state index contributed by atoms with van der Waals surface area (Å²) in [5.41, 5.74) is 4.33. The van der Waals surface area contributed by atoms with Crippen LogP contribution in [0.25, 0.3) is 22.2 Å². The molecule has 6 nitrogen and oxygen atoms in total. The Kier molecular flexibility index (Phi) is 6.06. The molecule has 0 bridgehead atoms. The number of ether oxygens (including phenoxy) is 1. The minimum Gasteiger partial charge on any atom is -0.454 e. The molecule has 2 aromatic heterocycles. The number of hydrogen-bond donors (Lipinski definition) is 0. The first-order valence-electron chi connectivity index (χ1n) is 9.94. The number of nitrogens with zero attached hydrogens (tertiary/aromatic N) is 3. The van der Waals surface area contributed by atoms with E-state index in [1.165, 1.54) is 11.3 Å². The fourth-order valence-corrected chi connectivity index (χ4v) is 4.14. The van der Waals surface area contributed by atoms with Crippen LogP contribution in [-0.2, 0) is 9.53 Å². The number of nitriles is 1. The second kappa shape index (κ2) is 9.08. The van der Waals surface area contributed by atoms with Gasteiger partial charge in [-0.2, -0.15) is 5.26 Å². The standard InChI is InChI=1S/C25H19N3O3S/c1-15-7-9-17(10-8-15)22-11-19(18-5-3-4-6-21(18)28-22)25(30)31-13-23(29)20(12-26)24-27-16(2)14-32-24/h3-11,14,20H,13H2,1-2H3/t20-/m1/s1. The lowest BCUT2D eigenvalue weighted by Gasteiger charge is -2.11. The van der Waals surface area contributed by atoms with Crippen molar-refractivity contribution in [1.82, 2.24) is 9.97 Å². The first-order chi connectivity index (χ1) is 15.5. The highest BCUT2D eigenvalue weighted by Crippen LogP contribution is 2.26. The SMILES string of the molecule is Cc1ccc(-c2cc(C(=O)OCC(=O)[C@@H](C#N)c3nc(C)cs3)c3ccccc3n2)cc1. The molecule has 2 heterocycles. The minimum atomic E-state index is -1.06. The molecule has 1 atom stereocenters. The van der Waals surface area contributed by atoms with Gasteiger partial charge in [0.2, 0.25) is 0 Å². The van der Waals surface area contributed by atoms with E-state index in [1.54, 1.807) is 24.4 Å². The molecule has 0 aliphatic rings. The molecule has 0 N–H and O–H groups in total. The zero-order valence-corrected chi connectivity index (χ0v) is 18.3. The number of aryl methyl sites for hydroxylation is 2. The smallest absolute Gasteiger partial charge is 0.339 e. The molecule has 0 radical (unpaired) electrons. The van der Waals surface area contributed by atoms with Crippen LogP contribution in [0.5, 0.6) is 0 Å². The molecular formula is C25H19N3O3S. The second-order valence-electron chi connectivity index (χ2n) is 7.37. The van der Waals surface area contributed by atoms with Crippen molar-refractivity contribution in [3.63, 3.8) is 0 Å². The number of ketones is 1. The van der Waals surface area contributed by atoms with Gasteiger partial charge in [-0.1, -0.05) is 48.0 Å². The van der Waals surface area contributed by atoms with Crippen molar-refractivity contribution in [3.05, 3.63) is 81.8 Å². The number of benzene rings is 2. The Morgan fingerprint density at radius 3 is 2.53 bits per heavy atom. The summed E-state index contributed by atoms with van der Waals surface area (Å²) in [6.45, 7) is 3.28. The van der Waals surface area contributed by atoms with Crippen molar-refractivity contribution in [2.24, 2.45) is 0 Å². The third kappa shape index (κ3) is 4.41. The molecular weight excluding hydrogens is 422 g/mol. The average molecular weight is 442 g/mol. The number of rotatable bonds is 6. The van der Waals surface area contributed by atoms with E-state index in [1.807, 2.05) is 55.5 Å². The largest absolute Gasteiger partial charge is 0.454 e. The van der Waals surface area contributed by atoms with Gasteiger partial charge in [0.1, 0.15) is 5.01 Å². The lowest BCUT2D eigenvalue weighted by atomic mass is 10.0. The summed E-state index contributed by atoms with van der Waals surface area (Å²) >= 11 is 1.24. The first-order valence-corrected chi connectivity index (χ1v) is 10.8. The highest BCUT2D eigenvalue weighted by Gasteiger charge is 2.25. The summed E-state index contributed by atoms with van der Waals surface area (Å²) in [7, 11) is 0. The minimum absolute atomic E-state index is 0.317. The van der Waals surface area contributed by atoms with E-state index in [4.69, 9.17) is 4.74 Å². The van der Waals surface area contributed by atoms with Crippen molar-refractivity contribution in [2.45, 2.75) is 19.8 Å². The summed E-state index contributed by atoms with van der Waals surface area (Å²) in [5, 5.41) is 12.2. The molecule has 158 valence electrons. The Labute approximate surface area is 189 Å². The summed E-state index contributed by atoms with van der Waals surface area (Å²) in [6, 6.07) is 18.7. The summed E-state index contributed by atoms with van der Waals surface area (Å²) in [5.74, 6) is -2.21. The number of carbonyl (C=O) groups excluding carboxylic acids is 2. The number of carbonyl (C=O) groups is 2. The molecule has 0 saturated heterocycles. The van der Waals surface area contributed by atoms with Crippen LogP contribution in [0.3, 0.4) is 0 Å². The van der Waals surface area contributed by atoms with Gasteiger partial charge in [-0.15, -0.1) is 11.3 Å². The van der Waals surface area contributed by atoms with Crippen LogP contribution in [0.4, 0.5) is 0 Å². The van der Waals surface area contributed by atoms with Gasteiger partial charge in [0.05, 0.1) is 22.8 Å². The Morgan fingerprint density at radius 1 is 1.09 bits per heavy atom. The van der Waals surface area contributed by atoms with Crippen LogP contribution in [0.2, 0.25) is 0 Å². The van der Waals surface area contributed by atoms with Gasteiger partial charge in [-0.25, -0.2) is 14.8 Å². The molecule has 4 aromatic rings. The summed E-state index contributed by atoms with van der Waals surface area (Å²) in [4.78, 5) is 34.4. The Morgan fingerprint density at radius 2 is 1.84 bits per heavy atom. The number of thiazole rings is 1. The molecule has 0 fully saturated rings. The Bertz CT molecular complexity index is 1350. The molecule has 32 heavy (non-hydrogen) atoms. The molecule has 0 saturated carbocycles. The predicted octanol–water partition coefficient (Wildman–Crippen LogP) is 5.01. The Hall–Kier alpha value is -3.89. The third-order valence-electron chi connectivity index (χ3n) is 4.96. The second-order valence-corrected chi connectivity index (χ2v) is 8.26. The lowest BCUT2D eigenvalue weighted by molar-refractivity contribution is -0.122. The van der Waals surface area contributed by atoms with Gasteiger partial charge < -0.3 is 4.74 Å². The fraction of sp³-hybridized carbons (Fsp3) is 0.160. The van der Waals surface area contributed by atoms with Crippen LogP contribution in [-0.4, -0.2) is 28.3 Å². The van der Waals surface area contributed by atoms with E-state index < -0.39 is 24.3 Å². The van der Waals surface area contributed by atoms with Gasteiger partial charge >= 0.3 is 5.97 Å². The van der Waals surface area contributed by atoms with E-state index in [0.717, 1.165) is 16.8 Å². The van der Waals surface area contributed by atoms with Gasteiger partial charge in [0.15, 0.2) is 18.3 Å². The number of esters is 1. The average Bonchev–Trinajstić information content (AvgIpc) is 3.23. The third-order valence-corrected chi connectivity index (χ3v) is 5.99. The zero-order valence-electron chi connectivity index (χ0n) is 17.5. The topological polar surface area (TPSA) is 92.9 Å². The van der Waals surface area contributed by atoms with Gasteiger partial charge in [-0.05, 0) is 26.0 Å². The monoisotopic (exact) mass is 441 g/mol. The number of fused-ring (bicyclic) bond motifs is 1. The number of pyridine rings is 1. The van der Waals surface area contributed by atoms with E-state index in [0.29, 0.717) is 27.2 Å². The van der Waals surface area contributed by atoms with Crippen molar-refractivity contribution in [3.8, 4) is 17.3 Å². The van der Waals surface area contributed by atoms with Crippen molar-refractivity contribution < 1.29 is 14.3 Å². The fourth-order valence-electron chi connectivity index (χ4n) is 3.28. The van der Waals surface area contributed by atoms with Crippen LogP contribution in [0, 0.1) is 25.2 Å². The quantitative estimate of drug-likeness (QED) is 0.391. The van der Waals surface area contributed by atoms with E-state index >= 15 is 0 Å². The number of aromatic nitrogens is 2. The molecule has 4 rings (SSSR count). The maximum atomic E-state index is 13.0. The molecule has 0 aliphatic heterocycles. The normalized spacial score (nSPS) is 11.7. The molecule has 0 aliphatic carbocycles. The van der Waals surface area contributed by atoms with Gasteiger partial charge in [-0.3, -0.25) is 4.79 Å². The van der Waals surface area contributed by atoms with Crippen molar-refractivity contribution in [2.75, 3.05) is 6.61 Å². The van der Waals surface area contributed by atoms with E-state index in [-0.39, 0.29) is 0 Å². The maximum Gasteiger partial charge on any atom is 0.339 e. The maximum absolute atomic E-state index is 13.0. The van der Waals surface area contributed by atoms with Crippen molar-refractivity contribution >= 4 is 34.0 Å².